The summed E-state index contributed by atoms with van der Waals surface area (Å²) in [4.78, 5) is 12.1. The molecule has 1 aromatic carbocycles. The van der Waals surface area contributed by atoms with E-state index < -0.39 is 0 Å². The Morgan fingerprint density at radius 3 is 2.74 bits per heavy atom. The zero-order chi connectivity index (χ0) is 16.2. The molecule has 1 aromatic rings. The third kappa shape index (κ3) is 4.09. The molecule has 122 valence electrons. The molecule has 4 atom stereocenters. The zero-order valence-electron chi connectivity index (χ0n) is 13.6. The van der Waals surface area contributed by atoms with Crippen LogP contribution in [0, 0.1) is 29.1 Å². The number of nitriles is 1. The summed E-state index contributed by atoms with van der Waals surface area (Å²) in [6.07, 6.45) is 5.47. The van der Waals surface area contributed by atoms with E-state index in [9.17, 15) is 4.79 Å². The van der Waals surface area contributed by atoms with Crippen LogP contribution in [0.2, 0.25) is 0 Å². The first-order valence-electron chi connectivity index (χ1n) is 8.52. The van der Waals surface area contributed by atoms with Crippen LogP contribution in [-0.4, -0.2) is 17.7 Å². The molecule has 3 nitrogen and oxygen atoms in total. The molecule has 1 amide bonds. The van der Waals surface area contributed by atoms with Gasteiger partial charge in [0.1, 0.15) is 0 Å². The number of rotatable bonds is 6. The molecule has 0 aromatic heterocycles. The van der Waals surface area contributed by atoms with Crippen molar-refractivity contribution in [3.63, 3.8) is 0 Å². The summed E-state index contributed by atoms with van der Waals surface area (Å²) in [6, 6.07) is 10.0. The summed E-state index contributed by atoms with van der Waals surface area (Å²) in [7, 11) is 0. The number of hydrogen-bond donors (Lipinski definition) is 1. The van der Waals surface area contributed by atoms with E-state index in [1.165, 1.54) is 25.7 Å². The van der Waals surface area contributed by atoms with Gasteiger partial charge in [0, 0.05) is 11.8 Å². The van der Waals surface area contributed by atoms with Crippen molar-refractivity contribution in [2.75, 3.05) is 5.75 Å². The lowest BCUT2D eigenvalue weighted by molar-refractivity contribution is -0.119. The molecule has 0 spiro atoms. The minimum Gasteiger partial charge on any atom is -0.353 e. The molecule has 2 aliphatic rings. The van der Waals surface area contributed by atoms with E-state index in [-0.39, 0.29) is 5.91 Å². The third-order valence-electron chi connectivity index (χ3n) is 5.41. The maximum absolute atomic E-state index is 12.1. The average Bonchev–Trinajstić information content (AvgIpc) is 3.18. The number of carbonyl (C=O) groups excluding carboxylic acids is 1. The number of hydrogen-bond acceptors (Lipinski definition) is 3. The first kappa shape index (κ1) is 16.4. The Labute approximate surface area is 142 Å². The van der Waals surface area contributed by atoms with Crippen LogP contribution in [-0.2, 0) is 10.5 Å². The third-order valence-corrected chi connectivity index (χ3v) is 6.41. The highest BCUT2D eigenvalue weighted by Crippen LogP contribution is 2.49. The predicted molar refractivity (Wildman–Crippen MR) is 93.9 cm³/mol. The first-order chi connectivity index (χ1) is 11.2. The molecule has 0 aliphatic heterocycles. The van der Waals surface area contributed by atoms with Crippen LogP contribution < -0.4 is 5.32 Å². The van der Waals surface area contributed by atoms with Crippen molar-refractivity contribution >= 4 is 17.7 Å². The molecular formula is C19H24N2OS. The Hall–Kier alpha value is -1.47. The normalized spacial score (nSPS) is 26.7. The Morgan fingerprint density at radius 2 is 2.13 bits per heavy atom. The largest absolute Gasteiger partial charge is 0.353 e. The van der Waals surface area contributed by atoms with Crippen molar-refractivity contribution in [3.05, 3.63) is 35.4 Å². The van der Waals surface area contributed by atoms with Crippen LogP contribution in [0.3, 0.4) is 0 Å². The van der Waals surface area contributed by atoms with Gasteiger partial charge < -0.3 is 5.32 Å². The van der Waals surface area contributed by atoms with Crippen LogP contribution in [0.5, 0.6) is 0 Å². The molecule has 2 bridgehead atoms. The number of carbonyl (C=O) groups is 1. The predicted octanol–water partition coefficient (Wildman–Crippen LogP) is 3.73. The van der Waals surface area contributed by atoms with E-state index in [0.717, 1.165) is 23.2 Å². The van der Waals surface area contributed by atoms with Crippen molar-refractivity contribution in [1.82, 2.24) is 5.32 Å². The van der Waals surface area contributed by atoms with Crippen molar-refractivity contribution in [1.29, 1.82) is 5.26 Å². The number of thioether (sulfide) groups is 1. The van der Waals surface area contributed by atoms with Gasteiger partial charge in [-0.05, 0) is 61.6 Å². The van der Waals surface area contributed by atoms with Crippen LogP contribution in [0.1, 0.15) is 43.7 Å². The van der Waals surface area contributed by atoms with E-state index >= 15 is 0 Å². The molecule has 0 heterocycles. The Bertz CT molecular complexity index is 592. The second-order valence-electron chi connectivity index (χ2n) is 7.00. The fourth-order valence-electron chi connectivity index (χ4n) is 4.25. The summed E-state index contributed by atoms with van der Waals surface area (Å²) >= 11 is 1.63. The van der Waals surface area contributed by atoms with Gasteiger partial charge in [-0.2, -0.15) is 5.26 Å². The van der Waals surface area contributed by atoms with Gasteiger partial charge in [-0.15, -0.1) is 11.8 Å². The molecule has 2 fully saturated rings. The fourth-order valence-corrected chi connectivity index (χ4v) is 5.04. The van der Waals surface area contributed by atoms with E-state index in [4.69, 9.17) is 5.26 Å². The highest BCUT2D eigenvalue weighted by molar-refractivity contribution is 7.99. The van der Waals surface area contributed by atoms with Gasteiger partial charge in [0.25, 0.3) is 0 Å². The van der Waals surface area contributed by atoms with Crippen LogP contribution in [0.25, 0.3) is 0 Å². The standard InChI is InChI=1S/C19H24N2OS/c1-13(18-9-16-6-7-17(18)8-16)21-19(22)12-23-11-15-4-2-14(10-20)3-5-15/h2-5,13,16-18H,6-9,11-12H2,1H3,(H,21,22). The Morgan fingerprint density at radius 1 is 1.35 bits per heavy atom. The lowest BCUT2D eigenvalue weighted by atomic mass is 9.84. The van der Waals surface area contributed by atoms with Gasteiger partial charge in [0.2, 0.25) is 5.91 Å². The second-order valence-corrected chi connectivity index (χ2v) is 7.98. The first-order valence-corrected chi connectivity index (χ1v) is 9.67. The van der Waals surface area contributed by atoms with Gasteiger partial charge >= 0.3 is 0 Å². The number of amides is 1. The summed E-state index contributed by atoms with van der Waals surface area (Å²) in [5.74, 6) is 3.93. The smallest absolute Gasteiger partial charge is 0.230 e. The van der Waals surface area contributed by atoms with Crippen LogP contribution >= 0.6 is 11.8 Å². The zero-order valence-corrected chi connectivity index (χ0v) is 14.4. The molecule has 4 heteroatoms. The van der Waals surface area contributed by atoms with Gasteiger partial charge in [-0.3, -0.25) is 4.79 Å². The number of benzene rings is 1. The van der Waals surface area contributed by atoms with Gasteiger partial charge in [-0.1, -0.05) is 18.6 Å². The molecule has 0 saturated heterocycles. The number of fused-ring (bicyclic) bond motifs is 2. The molecular weight excluding hydrogens is 304 g/mol. The molecule has 3 rings (SSSR count). The average molecular weight is 328 g/mol. The molecule has 2 saturated carbocycles. The summed E-state index contributed by atoms with van der Waals surface area (Å²) < 4.78 is 0. The van der Waals surface area contributed by atoms with Gasteiger partial charge in [-0.25, -0.2) is 0 Å². The summed E-state index contributed by atoms with van der Waals surface area (Å²) in [6.45, 7) is 2.18. The second kappa shape index (κ2) is 7.40. The maximum Gasteiger partial charge on any atom is 0.230 e. The maximum atomic E-state index is 12.1. The Balaban J connectivity index is 1.38. The quantitative estimate of drug-likeness (QED) is 0.865. The van der Waals surface area contributed by atoms with E-state index in [1.54, 1.807) is 11.8 Å². The number of nitrogens with zero attached hydrogens (tertiary/aromatic N) is 1. The highest BCUT2D eigenvalue weighted by atomic mass is 32.2. The molecule has 4 unspecified atom stereocenters. The molecule has 1 N–H and O–H groups in total. The monoisotopic (exact) mass is 328 g/mol. The molecule has 0 radical (unpaired) electrons. The lowest BCUT2D eigenvalue weighted by Gasteiger charge is -2.28. The van der Waals surface area contributed by atoms with Gasteiger partial charge in [0.15, 0.2) is 0 Å². The van der Waals surface area contributed by atoms with Crippen LogP contribution in [0.4, 0.5) is 0 Å². The lowest BCUT2D eigenvalue weighted by Crippen LogP contribution is -2.40. The van der Waals surface area contributed by atoms with Crippen LogP contribution in [0.15, 0.2) is 24.3 Å². The van der Waals surface area contributed by atoms with Crippen molar-refractivity contribution in [2.24, 2.45) is 17.8 Å². The van der Waals surface area contributed by atoms with Crippen molar-refractivity contribution < 1.29 is 4.79 Å². The van der Waals surface area contributed by atoms with Crippen molar-refractivity contribution in [3.8, 4) is 6.07 Å². The van der Waals surface area contributed by atoms with Gasteiger partial charge in [0.05, 0.1) is 17.4 Å². The van der Waals surface area contributed by atoms with E-state index in [2.05, 4.69) is 18.3 Å². The summed E-state index contributed by atoms with van der Waals surface area (Å²) in [5.41, 5.74) is 1.83. The molecule has 23 heavy (non-hydrogen) atoms. The van der Waals surface area contributed by atoms with E-state index in [0.29, 0.717) is 23.3 Å². The topological polar surface area (TPSA) is 52.9 Å². The highest BCUT2D eigenvalue weighted by Gasteiger charge is 2.42. The Kier molecular flexibility index (Phi) is 5.27. The minimum absolute atomic E-state index is 0.152. The minimum atomic E-state index is 0.152. The van der Waals surface area contributed by atoms with Crippen molar-refractivity contribution in [2.45, 2.75) is 44.4 Å². The van der Waals surface area contributed by atoms with E-state index in [1.807, 2.05) is 24.3 Å². The number of nitrogens with one attached hydrogen (secondary N) is 1. The fraction of sp³-hybridized carbons (Fsp3) is 0.579. The SMILES string of the molecule is CC(NC(=O)CSCc1ccc(C#N)cc1)C1CC2CCC1C2. The summed E-state index contributed by atoms with van der Waals surface area (Å²) in [5, 5.41) is 12.0. The molecule has 2 aliphatic carbocycles.